The Labute approximate surface area is 772 Å². The lowest BCUT2D eigenvalue weighted by atomic mass is 9.97. The Balaban J connectivity index is 0.000000106. The Bertz CT molecular complexity index is 9610. The van der Waals surface area contributed by atoms with Gasteiger partial charge in [-0.3, -0.25) is 4.98 Å². The Morgan fingerprint density at radius 1 is 0.156 bits per heavy atom. The van der Waals surface area contributed by atoms with E-state index in [2.05, 4.69) is 328 Å². The minimum atomic E-state index is 0.680. The summed E-state index contributed by atoms with van der Waals surface area (Å²) in [5.74, 6) is 1.39. The van der Waals surface area contributed by atoms with Crippen molar-refractivity contribution >= 4 is 163 Å². The van der Waals surface area contributed by atoms with Gasteiger partial charge in [0.05, 0.1) is 61.7 Å². The number of nitrogens with zero attached hydrogens (tertiary/aromatic N) is 8. The zero-order valence-corrected chi connectivity index (χ0v) is 72.5. The van der Waals surface area contributed by atoms with E-state index in [-0.39, 0.29) is 0 Å². The zero-order valence-electron chi connectivity index (χ0n) is 72.5. The monoisotopic (exact) mass is 1720 g/mol. The van der Waals surface area contributed by atoms with Gasteiger partial charge in [0.2, 0.25) is 0 Å². The van der Waals surface area contributed by atoms with Crippen LogP contribution in [0.5, 0.6) is 0 Å². The van der Waals surface area contributed by atoms with Crippen molar-refractivity contribution in [2.75, 3.05) is 0 Å². The summed E-state index contributed by atoms with van der Waals surface area (Å²) in [5.41, 5.74) is 28.6. The summed E-state index contributed by atoms with van der Waals surface area (Å²) in [6.45, 7) is 0. The molecule has 9 heterocycles. The molecule has 28 rings (SSSR count). The Morgan fingerprint density at radius 3 is 0.889 bits per heavy atom. The first kappa shape index (κ1) is 77.8. The zero-order chi connectivity index (χ0) is 89.0. The molecule has 11 heteroatoms. The largest absolute Gasteiger partial charge is 0.455 e. The van der Waals surface area contributed by atoms with Gasteiger partial charge < -0.3 is 13.3 Å². The van der Waals surface area contributed by atoms with E-state index >= 15 is 0 Å². The molecule has 0 spiro atoms. The van der Waals surface area contributed by atoms with E-state index in [0.717, 1.165) is 248 Å². The lowest BCUT2D eigenvalue weighted by Crippen LogP contribution is -1.95. The average Bonchev–Trinajstić information content (AvgIpc) is 1.64. The standard InChI is InChI=1S/C45H27N3O.C40H24N2O.C39H23N3O/c1-3-11-28(12-4-1)29-19-21-31(22-20-29)42-35-16-8-10-18-39(35)47-45(48-42)32-23-26-40-37(27-32)33-24-25-36-41(44(33)49-40)34-15-7-9-17-38(34)46-43(36)30-13-5-2-6-14-30;1-3-9-25(10-4-1)36-23-29-16-15-27(21-30(29)24-41-36)28-17-20-37-34(22-28)31-18-19-33-38(40(31)43-37)32-13-7-8-14-35(32)42-39(33)26-11-5-2-6-12-26;1-3-11-24(12-4-1)36-30-21-20-27-31-23-26(19-22-34(31)43-38(27)35(30)28-15-7-9-17-32(28)40-36)37-29-16-8-10-18-33(29)41-39(42-37)25-13-5-2-6-14-25/h1-27H;1-24H;1-23H. The molecule has 0 fully saturated rings. The predicted octanol–water partition coefficient (Wildman–Crippen LogP) is 33.0. The normalized spacial score (nSPS) is 11.7. The van der Waals surface area contributed by atoms with E-state index in [1.807, 2.05) is 121 Å². The molecule has 19 aromatic carbocycles. The fourth-order valence-corrected chi connectivity index (χ4v) is 19.7. The number of benzene rings is 19. The maximum atomic E-state index is 6.70. The highest BCUT2D eigenvalue weighted by Crippen LogP contribution is 2.48. The number of fused-ring (bicyclic) bond motifs is 24. The van der Waals surface area contributed by atoms with Gasteiger partial charge in [0.1, 0.15) is 33.5 Å². The fraction of sp³-hybridized carbons (Fsp3) is 0. The molecule has 0 radical (unpaired) electrons. The van der Waals surface area contributed by atoms with Gasteiger partial charge in [-0.15, -0.1) is 0 Å². The third-order valence-corrected chi connectivity index (χ3v) is 26.2. The van der Waals surface area contributed by atoms with Crippen LogP contribution in [0.15, 0.2) is 462 Å². The number of pyridine rings is 4. The van der Waals surface area contributed by atoms with Crippen LogP contribution in [0.1, 0.15) is 0 Å². The van der Waals surface area contributed by atoms with Crippen LogP contribution in [-0.2, 0) is 0 Å². The van der Waals surface area contributed by atoms with Gasteiger partial charge >= 0.3 is 0 Å². The molecular formula is C124H74N8O3. The van der Waals surface area contributed by atoms with Crippen molar-refractivity contribution in [1.29, 1.82) is 0 Å². The summed E-state index contributed by atoms with van der Waals surface area (Å²) in [6.07, 6.45) is 1.97. The molecule has 0 aliphatic carbocycles. The van der Waals surface area contributed by atoms with E-state index in [1.54, 1.807) is 0 Å². The summed E-state index contributed by atoms with van der Waals surface area (Å²) in [5, 5.41) is 20.5. The first-order valence-electron chi connectivity index (χ1n) is 45.3. The molecule has 0 N–H and O–H groups in total. The molecular weight excluding hydrogens is 1650 g/mol. The van der Waals surface area contributed by atoms with Crippen LogP contribution < -0.4 is 0 Å². The van der Waals surface area contributed by atoms with Crippen molar-refractivity contribution in [2.45, 2.75) is 0 Å². The number of para-hydroxylation sites is 5. The summed E-state index contributed by atoms with van der Waals surface area (Å²) < 4.78 is 20.0. The van der Waals surface area contributed by atoms with Gasteiger partial charge in [0.25, 0.3) is 0 Å². The predicted molar refractivity (Wildman–Crippen MR) is 555 cm³/mol. The molecule has 0 unspecified atom stereocenters. The molecule has 0 bridgehead atoms. The lowest BCUT2D eigenvalue weighted by Gasteiger charge is -2.11. The van der Waals surface area contributed by atoms with Crippen molar-refractivity contribution in [2.24, 2.45) is 0 Å². The smallest absolute Gasteiger partial charge is 0.160 e. The third-order valence-electron chi connectivity index (χ3n) is 26.2. The van der Waals surface area contributed by atoms with Crippen molar-refractivity contribution in [1.82, 2.24) is 39.9 Å². The molecule has 628 valence electrons. The van der Waals surface area contributed by atoms with Gasteiger partial charge in [0.15, 0.2) is 11.6 Å². The van der Waals surface area contributed by atoms with Crippen LogP contribution in [0.25, 0.3) is 276 Å². The van der Waals surface area contributed by atoms with Crippen LogP contribution in [-0.4, -0.2) is 39.9 Å². The van der Waals surface area contributed by atoms with Crippen molar-refractivity contribution < 1.29 is 13.3 Å². The minimum absolute atomic E-state index is 0.680. The number of furan rings is 3. The number of aromatic nitrogens is 8. The first-order valence-corrected chi connectivity index (χ1v) is 45.3. The Hall–Kier alpha value is -18.3. The lowest BCUT2D eigenvalue weighted by molar-refractivity contribution is 0.672. The first-order chi connectivity index (χ1) is 66.9. The molecule has 28 aromatic rings. The van der Waals surface area contributed by atoms with Crippen LogP contribution in [0.2, 0.25) is 0 Å². The van der Waals surface area contributed by atoms with Crippen molar-refractivity contribution in [3.05, 3.63) is 449 Å². The van der Waals surface area contributed by atoms with Gasteiger partial charge in [-0.1, -0.05) is 334 Å². The molecule has 0 atom stereocenters. The topological polar surface area (TPSA) is 143 Å². The summed E-state index contributed by atoms with van der Waals surface area (Å²) >= 11 is 0. The Kier molecular flexibility index (Phi) is 18.7. The van der Waals surface area contributed by atoms with E-state index in [1.165, 1.54) is 16.5 Å². The van der Waals surface area contributed by atoms with Gasteiger partial charge in [-0.2, -0.15) is 0 Å². The summed E-state index contributed by atoms with van der Waals surface area (Å²) in [7, 11) is 0. The van der Waals surface area contributed by atoms with E-state index < -0.39 is 0 Å². The highest BCUT2D eigenvalue weighted by Gasteiger charge is 2.25. The van der Waals surface area contributed by atoms with Crippen molar-refractivity contribution in [3.63, 3.8) is 0 Å². The second-order valence-electron chi connectivity index (χ2n) is 34.2. The molecule has 9 aromatic heterocycles. The molecule has 11 nitrogen and oxygen atoms in total. The molecule has 0 aliphatic heterocycles. The maximum Gasteiger partial charge on any atom is 0.160 e. The fourth-order valence-electron chi connectivity index (χ4n) is 19.7. The van der Waals surface area contributed by atoms with E-state index in [4.69, 9.17) is 53.1 Å². The van der Waals surface area contributed by atoms with Crippen molar-refractivity contribution in [3.8, 4) is 113 Å². The molecule has 0 saturated heterocycles. The van der Waals surface area contributed by atoms with E-state index in [0.29, 0.717) is 11.6 Å². The molecule has 135 heavy (non-hydrogen) atoms. The number of hydrogen-bond acceptors (Lipinski definition) is 11. The van der Waals surface area contributed by atoms with E-state index in [9.17, 15) is 0 Å². The van der Waals surface area contributed by atoms with Crippen LogP contribution in [0.3, 0.4) is 0 Å². The van der Waals surface area contributed by atoms with Crippen LogP contribution in [0, 0.1) is 0 Å². The summed E-state index contributed by atoms with van der Waals surface area (Å²) in [6, 6.07) is 153. The molecule has 0 aliphatic rings. The van der Waals surface area contributed by atoms with Gasteiger partial charge in [-0.25, -0.2) is 34.9 Å². The average molecular weight is 1720 g/mol. The second kappa shape index (κ2) is 32.4. The summed E-state index contributed by atoms with van der Waals surface area (Å²) in [4.78, 5) is 40.3. The van der Waals surface area contributed by atoms with Crippen LogP contribution in [0.4, 0.5) is 0 Å². The third kappa shape index (κ3) is 13.7. The minimum Gasteiger partial charge on any atom is -0.455 e. The highest BCUT2D eigenvalue weighted by atomic mass is 16.3. The van der Waals surface area contributed by atoms with Gasteiger partial charge in [0, 0.05) is 148 Å². The van der Waals surface area contributed by atoms with Crippen LogP contribution >= 0.6 is 0 Å². The number of rotatable bonds is 10. The second-order valence-corrected chi connectivity index (χ2v) is 34.2. The maximum absolute atomic E-state index is 6.70. The Morgan fingerprint density at radius 2 is 0.444 bits per heavy atom. The quantitative estimate of drug-likeness (QED) is 0.121. The highest BCUT2D eigenvalue weighted by molar-refractivity contribution is 6.28. The molecule has 0 saturated carbocycles. The number of hydrogen-bond donors (Lipinski definition) is 0. The SMILES string of the molecule is c1ccc(-c2cc3ccc(-c4ccc5oc6c(ccc7c(-c8ccccc8)nc8ccccc8c76)c5c4)cc3cn2)cc1.c1ccc(-c2ccc(-c3nc(-c4ccc5oc6c(ccc7c(-c8ccccc8)nc8ccccc8c76)c5c4)nc4ccccc34)cc2)cc1.c1ccc(-c2nc(-c3ccc4oc5c(ccc6c(-c7ccccc7)nc7ccccc7c65)c4c3)c3ccccc3n2)cc1. The van der Waals surface area contributed by atoms with Gasteiger partial charge in [-0.05, 0) is 137 Å². The molecule has 0 amide bonds.